The standard InChI is InChI=1S/C12H23NO3/c1-9(7-10(2)14)13-12(15)8-11-5-3-4-6-16-11/h9-11,14H,3-8H2,1-2H3,(H,13,15). The Bertz CT molecular complexity index is 212. The van der Waals surface area contributed by atoms with Crippen molar-refractivity contribution in [3.8, 4) is 0 Å². The van der Waals surface area contributed by atoms with E-state index in [0.717, 1.165) is 25.9 Å². The highest BCUT2D eigenvalue weighted by Crippen LogP contribution is 2.15. The maximum Gasteiger partial charge on any atom is 0.222 e. The predicted octanol–water partition coefficient (Wildman–Crippen LogP) is 1.22. The summed E-state index contributed by atoms with van der Waals surface area (Å²) in [6.07, 6.45) is 4.01. The zero-order valence-corrected chi connectivity index (χ0v) is 10.2. The lowest BCUT2D eigenvalue weighted by Crippen LogP contribution is -2.37. The highest BCUT2D eigenvalue weighted by atomic mass is 16.5. The predicted molar refractivity (Wildman–Crippen MR) is 62.1 cm³/mol. The van der Waals surface area contributed by atoms with E-state index in [9.17, 15) is 9.90 Å². The molecule has 0 aromatic rings. The summed E-state index contributed by atoms with van der Waals surface area (Å²) in [5, 5.41) is 12.1. The summed E-state index contributed by atoms with van der Waals surface area (Å²) in [7, 11) is 0. The molecule has 0 aromatic heterocycles. The summed E-state index contributed by atoms with van der Waals surface area (Å²) in [4.78, 5) is 11.6. The third-order valence-corrected chi connectivity index (χ3v) is 2.79. The Balaban J connectivity index is 2.18. The molecule has 0 aliphatic carbocycles. The summed E-state index contributed by atoms with van der Waals surface area (Å²) in [6.45, 7) is 4.42. The normalized spacial score (nSPS) is 24.8. The molecule has 3 unspecified atom stereocenters. The van der Waals surface area contributed by atoms with E-state index >= 15 is 0 Å². The van der Waals surface area contributed by atoms with Crippen LogP contribution in [0.15, 0.2) is 0 Å². The van der Waals surface area contributed by atoms with Gasteiger partial charge in [-0.2, -0.15) is 0 Å². The molecule has 16 heavy (non-hydrogen) atoms. The molecule has 4 nitrogen and oxygen atoms in total. The molecule has 1 heterocycles. The lowest BCUT2D eigenvalue weighted by molar-refractivity contribution is -0.125. The highest BCUT2D eigenvalue weighted by Gasteiger charge is 2.18. The molecule has 1 saturated heterocycles. The van der Waals surface area contributed by atoms with Gasteiger partial charge < -0.3 is 15.2 Å². The van der Waals surface area contributed by atoms with Crippen LogP contribution in [0.25, 0.3) is 0 Å². The van der Waals surface area contributed by atoms with Crippen LogP contribution in [0.4, 0.5) is 0 Å². The fourth-order valence-corrected chi connectivity index (χ4v) is 2.08. The summed E-state index contributed by atoms with van der Waals surface area (Å²) in [5.41, 5.74) is 0. The number of rotatable bonds is 5. The molecule has 1 rings (SSSR count). The summed E-state index contributed by atoms with van der Waals surface area (Å²) >= 11 is 0. The first-order valence-electron chi connectivity index (χ1n) is 6.17. The summed E-state index contributed by atoms with van der Waals surface area (Å²) in [6, 6.07) is 0.0242. The van der Waals surface area contributed by atoms with Crippen LogP contribution < -0.4 is 5.32 Å². The second-order valence-electron chi connectivity index (χ2n) is 4.75. The Hall–Kier alpha value is -0.610. The first-order chi connectivity index (χ1) is 7.58. The van der Waals surface area contributed by atoms with Crippen LogP contribution in [-0.2, 0) is 9.53 Å². The number of amides is 1. The van der Waals surface area contributed by atoms with E-state index in [1.54, 1.807) is 6.92 Å². The molecule has 1 amide bonds. The van der Waals surface area contributed by atoms with Crippen molar-refractivity contribution in [3.63, 3.8) is 0 Å². The van der Waals surface area contributed by atoms with Crippen molar-refractivity contribution < 1.29 is 14.6 Å². The molecule has 1 aliphatic rings. The maximum atomic E-state index is 11.6. The number of aliphatic hydroxyl groups is 1. The van der Waals surface area contributed by atoms with Crippen molar-refractivity contribution >= 4 is 5.91 Å². The first kappa shape index (κ1) is 13.5. The van der Waals surface area contributed by atoms with Gasteiger partial charge in [-0.15, -0.1) is 0 Å². The second kappa shape index (κ2) is 6.86. The van der Waals surface area contributed by atoms with Gasteiger partial charge in [0, 0.05) is 12.6 Å². The fourth-order valence-electron chi connectivity index (χ4n) is 2.08. The zero-order valence-electron chi connectivity index (χ0n) is 10.2. The van der Waals surface area contributed by atoms with Crippen LogP contribution in [-0.4, -0.2) is 35.9 Å². The van der Waals surface area contributed by atoms with Gasteiger partial charge in [0.15, 0.2) is 0 Å². The minimum Gasteiger partial charge on any atom is -0.393 e. The minimum absolute atomic E-state index is 0.0242. The average molecular weight is 229 g/mol. The van der Waals surface area contributed by atoms with Crippen molar-refractivity contribution in [2.75, 3.05) is 6.61 Å². The number of carbonyl (C=O) groups is 1. The molecule has 0 spiro atoms. The molecule has 1 fully saturated rings. The smallest absolute Gasteiger partial charge is 0.222 e. The molecule has 4 heteroatoms. The SMILES string of the molecule is CC(O)CC(C)NC(=O)CC1CCCCO1. The second-order valence-corrected chi connectivity index (χ2v) is 4.75. The van der Waals surface area contributed by atoms with Gasteiger partial charge in [-0.1, -0.05) is 0 Å². The average Bonchev–Trinajstić information content (AvgIpc) is 2.17. The largest absolute Gasteiger partial charge is 0.393 e. The molecule has 0 saturated carbocycles. The maximum absolute atomic E-state index is 11.6. The van der Waals surface area contributed by atoms with Gasteiger partial charge in [-0.3, -0.25) is 4.79 Å². The molecular formula is C12H23NO3. The Labute approximate surface area is 97.4 Å². The molecule has 0 radical (unpaired) electrons. The Kier molecular flexibility index (Phi) is 5.77. The van der Waals surface area contributed by atoms with Crippen LogP contribution in [0.1, 0.15) is 46.0 Å². The molecule has 0 aromatic carbocycles. The van der Waals surface area contributed by atoms with E-state index in [0.29, 0.717) is 12.8 Å². The van der Waals surface area contributed by atoms with E-state index < -0.39 is 0 Å². The molecular weight excluding hydrogens is 206 g/mol. The van der Waals surface area contributed by atoms with Crippen LogP contribution in [0.5, 0.6) is 0 Å². The van der Waals surface area contributed by atoms with Crippen molar-refractivity contribution in [3.05, 3.63) is 0 Å². The van der Waals surface area contributed by atoms with Crippen LogP contribution >= 0.6 is 0 Å². The van der Waals surface area contributed by atoms with Gasteiger partial charge in [0.1, 0.15) is 0 Å². The fraction of sp³-hybridized carbons (Fsp3) is 0.917. The lowest BCUT2D eigenvalue weighted by Gasteiger charge is -2.23. The third kappa shape index (κ3) is 5.47. The van der Waals surface area contributed by atoms with Gasteiger partial charge in [0.05, 0.1) is 18.6 Å². The van der Waals surface area contributed by atoms with Crippen molar-refractivity contribution in [1.82, 2.24) is 5.32 Å². The molecule has 3 atom stereocenters. The number of aliphatic hydroxyl groups excluding tert-OH is 1. The number of hydrogen-bond acceptors (Lipinski definition) is 3. The monoisotopic (exact) mass is 229 g/mol. The van der Waals surface area contributed by atoms with Gasteiger partial charge in [-0.25, -0.2) is 0 Å². The van der Waals surface area contributed by atoms with Crippen molar-refractivity contribution in [2.24, 2.45) is 0 Å². The van der Waals surface area contributed by atoms with Gasteiger partial charge in [-0.05, 0) is 39.5 Å². The molecule has 1 aliphatic heterocycles. The van der Waals surface area contributed by atoms with Crippen LogP contribution in [0, 0.1) is 0 Å². The number of nitrogens with one attached hydrogen (secondary N) is 1. The Morgan fingerprint density at radius 2 is 2.25 bits per heavy atom. The van der Waals surface area contributed by atoms with Crippen molar-refractivity contribution in [1.29, 1.82) is 0 Å². The van der Waals surface area contributed by atoms with Crippen molar-refractivity contribution in [2.45, 2.75) is 64.2 Å². The van der Waals surface area contributed by atoms with Gasteiger partial charge >= 0.3 is 0 Å². The first-order valence-corrected chi connectivity index (χ1v) is 6.17. The molecule has 2 N–H and O–H groups in total. The number of hydrogen-bond donors (Lipinski definition) is 2. The van der Waals surface area contributed by atoms with E-state index in [2.05, 4.69) is 5.32 Å². The van der Waals surface area contributed by atoms with Crippen LogP contribution in [0.3, 0.4) is 0 Å². The lowest BCUT2D eigenvalue weighted by atomic mass is 10.1. The number of carbonyl (C=O) groups excluding carboxylic acids is 1. The third-order valence-electron chi connectivity index (χ3n) is 2.79. The van der Waals surface area contributed by atoms with E-state index in [1.807, 2.05) is 6.92 Å². The van der Waals surface area contributed by atoms with Crippen LogP contribution in [0.2, 0.25) is 0 Å². The highest BCUT2D eigenvalue weighted by molar-refractivity contribution is 5.76. The topological polar surface area (TPSA) is 58.6 Å². The number of ether oxygens (including phenoxy) is 1. The molecule has 0 bridgehead atoms. The molecule has 94 valence electrons. The minimum atomic E-state index is -0.374. The summed E-state index contributed by atoms with van der Waals surface area (Å²) in [5.74, 6) is 0.0278. The van der Waals surface area contributed by atoms with E-state index in [1.165, 1.54) is 0 Å². The quantitative estimate of drug-likeness (QED) is 0.745. The zero-order chi connectivity index (χ0) is 12.0. The Morgan fingerprint density at radius 3 is 2.81 bits per heavy atom. The van der Waals surface area contributed by atoms with E-state index in [-0.39, 0.29) is 24.2 Å². The summed E-state index contributed by atoms with van der Waals surface area (Å²) < 4.78 is 5.50. The van der Waals surface area contributed by atoms with Gasteiger partial charge in [0.2, 0.25) is 5.91 Å². The van der Waals surface area contributed by atoms with Gasteiger partial charge in [0.25, 0.3) is 0 Å². The van der Waals surface area contributed by atoms with E-state index in [4.69, 9.17) is 4.74 Å². The Morgan fingerprint density at radius 1 is 1.50 bits per heavy atom.